The number of hydrogen-bond acceptors (Lipinski definition) is 3. The molecule has 0 radical (unpaired) electrons. The van der Waals surface area contributed by atoms with Crippen molar-refractivity contribution in [3.63, 3.8) is 0 Å². The van der Waals surface area contributed by atoms with E-state index in [0.717, 1.165) is 22.6 Å². The molecule has 0 aliphatic carbocycles. The average Bonchev–Trinajstić information content (AvgIpc) is 2.62. The number of hydrogen-bond donors (Lipinski definition) is 0. The molecule has 0 atom stereocenters. The van der Waals surface area contributed by atoms with Gasteiger partial charge in [-0.05, 0) is 62.6 Å². The molecule has 0 amide bonds. The molecular formula is C21H21NO2. The highest BCUT2D eigenvalue weighted by atomic mass is 16.5. The van der Waals surface area contributed by atoms with Crippen LogP contribution in [0.25, 0.3) is 0 Å². The molecule has 0 bridgehead atoms. The van der Waals surface area contributed by atoms with Crippen LogP contribution < -0.4 is 9.47 Å². The maximum absolute atomic E-state index is 5.15. The number of methoxy groups -OCH3 is 2. The first-order valence-corrected chi connectivity index (χ1v) is 7.60. The minimum atomic E-state index is -0.144. The lowest BCUT2D eigenvalue weighted by molar-refractivity contribution is 0.409. The first kappa shape index (κ1) is 17.5. The highest BCUT2D eigenvalue weighted by molar-refractivity contribution is 5.43. The summed E-state index contributed by atoms with van der Waals surface area (Å²) in [6, 6.07) is 15.2. The molecule has 0 aliphatic rings. The van der Waals surface area contributed by atoms with Crippen molar-refractivity contribution in [1.29, 1.82) is 0 Å². The van der Waals surface area contributed by atoms with Gasteiger partial charge in [0.25, 0.3) is 0 Å². The van der Waals surface area contributed by atoms with Gasteiger partial charge in [0, 0.05) is 11.1 Å². The standard InChI is InChI=1S/C21H21NO2/c1-22(2)19(11-5-17-7-13-20(23-3)14-8-17)12-6-18-9-15-21(24-4)16-10-18/h7-10,13-16,19H,1-4H3. The molecule has 0 unspecified atom stereocenters. The van der Waals surface area contributed by atoms with Gasteiger partial charge in [0.2, 0.25) is 0 Å². The smallest absolute Gasteiger partial charge is 0.134 e. The summed E-state index contributed by atoms with van der Waals surface area (Å²) in [5, 5.41) is 0. The average molecular weight is 319 g/mol. The summed E-state index contributed by atoms with van der Waals surface area (Å²) in [5.41, 5.74) is 1.88. The Kier molecular flexibility index (Phi) is 6.32. The molecule has 0 aliphatic heterocycles. The quantitative estimate of drug-likeness (QED) is 0.812. The Bertz CT molecular complexity index is 704. The molecule has 3 heteroatoms. The van der Waals surface area contributed by atoms with Crippen LogP contribution in [0, 0.1) is 23.7 Å². The SMILES string of the molecule is COc1ccc(C#CC(C#Cc2ccc(OC)cc2)N(C)C)cc1. The van der Waals surface area contributed by atoms with Crippen molar-refractivity contribution < 1.29 is 9.47 Å². The Hall–Kier alpha value is -2.88. The van der Waals surface area contributed by atoms with Gasteiger partial charge in [0.15, 0.2) is 0 Å². The second kappa shape index (κ2) is 8.67. The summed E-state index contributed by atoms with van der Waals surface area (Å²) in [6.07, 6.45) is 0. The molecule has 2 rings (SSSR count). The van der Waals surface area contributed by atoms with E-state index < -0.39 is 0 Å². The van der Waals surface area contributed by atoms with Crippen LogP contribution in [-0.2, 0) is 0 Å². The van der Waals surface area contributed by atoms with E-state index in [1.807, 2.05) is 67.5 Å². The number of benzene rings is 2. The fourth-order valence-corrected chi connectivity index (χ4v) is 1.95. The maximum atomic E-state index is 5.15. The topological polar surface area (TPSA) is 21.7 Å². The molecule has 2 aromatic carbocycles. The third-order valence-corrected chi connectivity index (χ3v) is 3.40. The Morgan fingerprint density at radius 1 is 0.708 bits per heavy atom. The van der Waals surface area contributed by atoms with E-state index in [1.54, 1.807) is 14.2 Å². The summed E-state index contributed by atoms with van der Waals surface area (Å²) >= 11 is 0. The highest BCUT2D eigenvalue weighted by Crippen LogP contribution is 2.11. The van der Waals surface area contributed by atoms with Crippen LogP contribution in [0.2, 0.25) is 0 Å². The fourth-order valence-electron chi connectivity index (χ4n) is 1.95. The molecule has 3 nitrogen and oxygen atoms in total. The molecular weight excluding hydrogens is 298 g/mol. The fraction of sp³-hybridized carbons (Fsp3) is 0.238. The summed E-state index contributed by atoms with van der Waals surface area (Å²) in [5.74, 6) is 14.4. The Morgan fingerprint density at radius 2 is 1.08 bits per heavy atom. The van der Waals surface area contributed by atoms with E-state index >= 15 is 0 Å². The van der Waals surface area contributed by atoms with Crippen molar-refractivity contribution in [2.24, 2.45) is 0 Å². The van der Waals surface area contributed by atoms with Gasteiger partial charge < -0.3 is 9.47 Å². The summed E-state index contributed by atoms with van der Waals surface area (Å²) in [7, 11) is 7.24. The molecule has 0 saturated heterocycles. The number of nitrogens with zero attached hydrogens (tertiary/aromatic N) is 1. The second-order valence-electron chi connectivity index (χ2n) is 5.36. The van der Waals surface area contributed by atoms with Gasteiger partial charge in [-0.1, -0.05) is 23.7 Å². The van der Waals surface area contributed by atoms with Gasteiger partial charge >= 0.3 is 0 Å². The van der Waals surface area contributed by atoms with Gasteiger partial charge in [0.05, 0.1) is 14.2 Å². The molecule has 0 aromatic heterocycles. The van der Waals surface area contributed by atoms with Gasteiger partial charge in [-0.15, -0.1) is 0 Å². The third kappa shape index (κ3) is 5.09. The van der Waals surface area contributed by atoms with Crippen LogP contribution in [-0.4, -0.2) is 39.3 Å². The first-order valence-electron chi connectivity index (χ1n) is 7.60. The van der Waals surface area contributed by atoms with Crippen LogP contribution in [0.4, 0.5) is 0 Å². The van der Waals surface area contributed by atoms with Gasteiger partial charge in [-0.2, -0.15) is 0 Å². The largest absolute Gasteiger partial charge is 0.497 e. The van der Waals surface area contributed by atoms with Crippen molar-refractivity contribution in [2.75, 3.05) is 28.3 Å². The number of rotatable bonds is 3. The molecule has 0 spiro atoms. The van der Waals surface area contributed by atoms with E-state index in [0.29, 0.717) is 0 Å². The predicted octanol–water partition coefficient (Wildman–Crippen LogP) is 3.04. The molecule has 0 heterocycles. The first-order chi connectivity index (χ1) is 11.6. The predicted molar refractivity (Wildman–Crippen MR) is 97.2 cm³/mol. The van der Waals surface area contributed by atoms with Crippen molar-refractivity contribution in [1.82, 2.24) is 4.90 Å². The van der Waals surface area contributed by atoms with Gasteiger partial charge in [0.1, 0.15) is 17.5 Å². The molecule has 24 heavy (non-hydrogen) atoms. The van der Waals surface area contributed by atoms with E-state index in [9.17, 15) is 0 Å². The second-order valence-corrected chi connectivity index (χ2v) is 5.36. The molecule has 0 N–H and O–H groups in total. The Morgan fingerprint density at radius 3 is 1.38 bits per heavy atom. The Labute approximate surface area is 144 Å². The molecule has 122 valence electrons. The summed E-state index contributed by atoms with van der Waals surface area (Å²) in [4.78, 5) is 1.99. The van der Waals surface area contributed by atoms with E-state index in [4.69, 9.17) is 9.47 Å². The van der Waals surface area contributed by atoms with Crippen LogP contribution in [0.1, 0.15) is 11.1 Å². The monoisotopic (exact) mass is 319 g/mol. The van der Waals surface area contributed by atoms with Gasteiger partial charge in [-0.3, -0.25) is 4.90 Å². The third-order valence-electron chi connectivity index (χ3n) is 3.40. The van der Waals surface area contributed by atoms with Crippen LogP contribution in [0.3, 0.4) is 0 Å². The number of ether oxygens (including phenoxy) is 2. The highest BCUT2D eigenvalue weighted by Gasteiger charge is 2.03. The van der Waals surface area contributed by atoms with Crippen LogP contribution >= 0.6 is 0 Å². The van der Waals surface area contributed by atoms with E-state index in [1.165, 1.54) is 0 Å². The van der Waals surface area contributed by atoms with Crippen LogP contribution in [0.5, 0.6) is 11.5 Å². The van der Waals surface area contributed by atoms with E-state index in [2.05, 4.69) is 23.7 Å². The van der Waals surface area contributed by atoms with Crippen molar-refractivity contribution in [3.8, 4) is 35.2 Å². The van der Waals surface area contributed by atoms with Crippen molar-refractivity contribution in [2.45, 2.75) is 6.04 Å². The zero-order valence-corrected chi connectivity index (χ0v) is 14.5. The normalized spacial score (nSPS) is 9.75. The molecule has 0 saturated carbocycles. The lowest BCUT2D eigenvalue weighted by Gasteiger charge is -2.12. The molecule has 2 aromatic rings. The Balaban J connectivity index is 2.15. The van der Waals surface area contributed by atoms with Crippen molar-refractivity contribution in [3.05, 3.63) is 59.7 Å². The minimum absolute atomic E-state index is 0.144. The van der Waals surface area contributed by atoms with E-state index in [-0.39, 0.29) is 6.04 Å². The summed E-state index contributed by atoms with van der Waals surface area (Å²) < 4.78 is 10.3. The summed E-state index contributed by atoms with van der Waals surface area (Å²) in [6.45, 7) is 0. The van der Waals surface area contributed by atoms with Gasteiger partial charge in [-0.25, -0.2) is 0 Å². The maximum Gasteiger partial charge on any atom is 0.134 e. The van der Waals surface area contributed by atoms with Crippen LogP contribution in [0.15, 0.2) is 48.5 Å². The zero-order chi connectivity index (χ0) is 17.4. The zero-order valence-electron chi connectivity index (χ0n) is 14.5. The molecule has 0 fully saturated rings. The lowest BCUT2D eigenvalue weighted by atomic mass is 10.1. The lowest BCUT2D eigenvalue weighted by Crippen LogP contribution is -2.24. The minimum Gasteiger partial charge on any atom is -0.497 e. The van der Waals surface area contributed by atoms with Crippen molar-refractivity contribution >= 4 is 0 Å².